The molecular weight excluding hydrogens is 323 g/mol. The standard InChI is InChI=1S/C12H18F3N3O5/c1-11(2,9(21)23-10(22)12(13,14)15)3-4-18-8(20)6(16)5-7(17)19/h6H,3-5,16H2,1-2H3,(H2,17,19)(H,18,20)/t6-/m1/s1. The molecule has 0 saturated carbocycles. The van der Waals surface area contributed by atoms with Crippen molar-refractivity contribution in [2.45, 2.75) is 38.9 Å². The van der Waals surface area contributed by atoms with Crippen LogP contribution in [0.1, 0.15) is 26.7 Å². The fraction of sp³-hybridized carbons (Fsp3) is 0.667. The summed E-state index contributed by atoms with van der Waals surface area (Å²) in [5.74, 6) is -5.47. The summed E-state index contributed by atoms with van der Waals surface area (Å²) >= 11 is 0. The van der Waals surface area contributed by atoms with Crippen LogP contribution >= 0.6 is 0 Å². The average molecular weight is 341 g/mol. The smallest absolute Gasteiger partial charge is 0.386 e. The quantitative estimate of drug-likeness (QED) is 0.415. The molecule has 0 aromatic rings. The fourth-order valence-electron chi connectivity index (χ4n) is 1.32. The molecule has 23 heavy (non-hydrogen) atoms. The summed E-state index contributed by atoms with van der Waals surface area (Å²) < 4.78 is 39.8. The number of amides is 2. The second kappa shape index (κ2) is 7.90. The van der Waals surface area contributed by atoms with E-state index in [2.05, 4.69) is 10.1 Å². The lowest BCUT2D eigenvalue weighted by atomic mass is 9.89. The predicted octanol–water partition coefficient (Wildman–Crippen LogP) is -0.646. The van der Waals surface area contributed by atoms with Crippen LogP contribution in [0.3, 0.4) is 0 Å². The third kappa shape index (κ3) is 7.58. The van der Waals surface area contributed by atoms with Crippen molar-refractivity contribution in [3.05, 3.63) is 0 Å². The van der Waals surface area contributed by atoms with Gasteiger partial charge in [0.05, 0.1) is 17.9 Å². The molecule has 0 aliphatic rings. The van der Waals surface area contributed by atoms with E-state index in [0.29, 0.717) is 0 Å². The molecule has 0 unspecified atom stereocenters. The Morgan fingerprint density at radius 2 is 1.65 bits per heavy atom. The fourth-order valence-corrected chi connectivity index (χ4v) is 1.32. The third-order valence-corrected chi connectivity index (χ3v) is 2.78. The SMILES string of the molecule is CC(C)(CCNC(=O)[C@H](N)CC(N)=O)C(=O)OC(=O)C(F)(F)F. The number of halogens is 3. The van der Waals surface area contributed by atoms with Crippen LogP contribution < -0.4 is 16.8 Å². The van der Waals surface area contributed by atoms with Crippen molar-refractivity contribution in [2.75, 3.05) is 6.54 Å². The van der Waals surface area contributed by atoms with E-state index in [4.69, 9.17) is 11.5 Å². The Morgan fingerprint density at radius 1 is 1.13 bits per heavy atom. The monoisotopic (exact) mass is 341 g/mol. The van der Waals surface area contributed by atoms with Crippen LogP contribution in [0.5, 0.6) is 0 Å². The molecule has 0 rings (SSSR count). The first-order chi connectivity index (χ1) is 10.3. The highest BCUT2D eigenvalue weighted by Crippen LogP contribution is 2.24. The summed E-state index contributed by atoms with van der Waals surface area (Å²) in [4.78, 5) is 44.2. The summed E-state index contributed by atoms with van der Waals surface area (Å²) in [6, 6.07) is -1.17. The zero-order valence-electron chi connectivity index (χ0n) is 12.5. The van der Waals surface area contributed by atoms with Gasteiger partial charge in [-0.1, -0.05) is 0 Å². The number of carbonyl (C=O) groups excluding carboxylic acids is 4. The lowest BCUT2D eigenvalue weighted by Crippen LogP contribution is -2.44. The van der Waals surface area contributed by atoms with Gasteiger partial charge in [-0.15, -0.1) is 0 Å². The first-order valence-corrected chi connectivity index (χ1v) is 6.42. The van der Waals surface area contributed by atoms with E-state index >= 15 is 0 Å². The number of hydrogen-bond acceptors (Lipinski definition) is 6. The molecule has 8 nitrogen and oxygen atoms in total. The zero-order valence-corrected chi connectivity index (χ0v) is 12.5. The number of ether oxygens (including phenoxy) is 1. The van der Waals surface area contributed by atoms with Gasteiger partial charge in [0.15, 0.2) is 0 Å². The van der Waals surface area contributed by atoms with Gasteiger partial charge in [-0.05, 0) is 20.3 Å². The van der Waals surface area contributed by atoms with Crippen molar-refractivity contribution >= 4 is 23.8 Å². The van der Waals surface area contributed by atoms with Crippen molar-refractivity contribution in [1.82, 2.24) is 5.32 Å². The van der Waals surface area contributed by atoms with Gasteiger partial charge in [0.25, 0.3) is 0 Å². The normalized spacial score (nSPS) is 13.1. The van der Waals surface area contributed by atoms with Crippen LogP contribution in [0, 0.1) is 5.41 Å². The van der Waals surface area contributed by atoms with E-state index in [1.54, 1.807) is 0 Å². The Labute approximate surface area is 129 Å². The van der Waals surface area contributed by atoms with Crippen LogP contribution in [-0.4, -0.2) is 42.5 Å². The van der Waals surface area contributed by atoms with Crippen molar-refractivity contribution in [1.29, 1.82) is 0 Å². The van der Waals surface area contributed by atoms with Crippen molar-refractivity contribution in [3.63, 3.8) is 0 Å². The Hall–Kier alpha value is -2.17. The number of rotatable bonds is 7. The molecule has 0 aliphatic heterocycles. The number of alkyl halides is 3. The molecular formula is C12H18F3N3O5. The van der Waals surface area contributed by atoms with Crippen LogP contribution in [0.2, 0.25) is 0 Å². The Bertz CT molecular complexity index is 491. The second-order valence-corrected chi connectivity index (χ2v) is 5.38. The van der Waals surface area contributed by atoms with Gasteiger partial charge in [0.1, 0.15) is 0 Å². The second-order valence-electron chi connectivity index (χ2n) is 5.38. The largest absolute Gasteiger partial charge is 0.491 e. The molecule has 2 amide bonds. The van der Waals surface area contributed by atoms with E-state index in [1.165, 1.54) is 13.8 Å². The summed E-state index contributed by atoms with van der Waals surface area (Å²) in [5.41, 5.74) is 8.78. The lowest BCUT2D eigenvalue weighted by molar-refractivity contribution is -0.204. The number of primary amides is 1. The van der Waals surface area contributed by atoms with E-state index in [9.17, 15) is 32.3 Å². The first kappa shape index (κ1) is 20.8. The maximum atomic E-state index is 12.0. The molecule has 0 bridgehead atoms. The summed E-state index contributed by atoms with van der Waals surface area (Å²) in [5, 5.41) is 2.30. The van der Waals surface area contributed by atoms with Gasteiger partial charge >= 0.3 is 18.1 Å². The highest BCUT2D eigenvalue weighted by atomic mass is 19.4. The minimum absolute atomic E-state index is 0.119. The van der Waals surface area contributed by atoms with Crippen LogP contribution in [0.4, 0.5) is 13.2 Å². The first-order valence-electron chi connectivity index (χ1n) is 6.42. The third-order valence-electron chi connectivity index (χ3n) is 2.78. The highest BCUT2D eigenvalue weighted by molar-refractivity contribution is 5.91. The van der Waals surface area contributed by atoms with Crippen molar-refractivity contribution in [3.8, 4) is 0 Å². The molecule has 5 N–H and O–H groups in total. The van der Waals surface area contributed by atoms with E-state index < -0.39 is 41.4 Å². The zero-order chi connectivity index (χ0) is 18.4. The van der Waals surface area contributed by atoms with Crippen LogP contribution in [0.25, 0.3) is 0 Å². The van der Waals surface area contributed by atoms with Gasteiger partial charge < -0.3 is 21.5 Å². The topological polar surface area (TPSA) is 142 Å². The molecule has 0 aromatic carbocycles. The summed E-state index contributed by atoms with van der Waals surface area (Å²) in [7, 11) is 0. The van der Waals surface area contributed by atoms with Gasteiger partial charge in [-0.2, -0.15) is 13.2 Å². The number of esters is 2. The van der Waals surface area contributed by atoms with Crippen molar-refractivity contribution < 1.29 is 37.1 Å². The number of carbonyl (C=O) groups is 4. The Kier molecular flexibility index (Phi) is 7.16. The molecule has 0 spiro atoms. The summed E-state index contributed by atoms with van der Waals surface area (Å²) in [6.45, 7) is 2.36. The molecule has 0 saturated heterocycles. The Balaban J connectivity index is 4.42. The average Bonchev–Trinajstić information content (AvgIpc) is 2.36. The van der Waals surface area contributed by atoms with Gasteiger partial charge in [0.2, 0.25) is 11.8 Å². The number of hydrogen-bond donors (Lipinski definition) is 3. The number of nitrogens with two attached hydrogens (primary N) is 2. The molecule has 0 aliphatic carbocycles. The number of nitrogens with one attached hydrogen (secondary N) is 1. The van der Waals surface area contributed by atoms with Crippen LogP contribution in [0.15, 0.2) is 0 Å². The Morgan fingerprint density at radius 3 is 2.09 bits per heavy atom. The van der Waals surface area contributed by atoms with Gasteiger partial charge in [-0.25, -0.2) is 4.79 Å². The van der Waals surface area contributed by atoms with E-state index in [1.807, 2.05) is 0 Å². The molecule has 1 atom stereocenters. The van der Waals surface area contributed by atoms with E-state index in [-0.39, 0.29) is 19.4 Å². The molecule has 0 aromatic heterocycles. The van der Waals surface area contributed by atoms with Gasteiger partial charge in [-0.3, -0.25) is 14.4 Å². The predicted molar refractivity (Wildman–Crippen MR) is 70.3 cm³/mol. The molecule has 132 valence electrons. The summed E-state index contributed by atoms with van der Waals surface area (Å²) in [6.07, 6.45) is -5.77. The maximum absolute atomic E-state index is 12.0. The van der Waals surface area contributed by atoms with Gasteiger partial charge in [0, 0.05) is 6.54 Å². The minimum Gasteiger partial charge on any atom is -0.386 e. The molecule has 0 radical (unpaired) electrons. The van der Waals surface area contributed by atoms with Crippen molar-refractivity contribution in [2.24, 2.45) is 16.9 Å². The molecule has 11 heteroatoms. The van der Waals surface area contributed by atoms with E-state index in [0.717, 1.165) is 0 Å². The molecule has 0 fully saturated rings. The maximum Gasteiger partial charge on any atom is 0.491 e. The van der Waals surface area contributed by atoms with Crippen LogP contribution in [-0.2, 0) is 23.9 Å². The molecule has 0 heterocycles. The minimum atomic E-state index is -5.28. The lowest BCUT2D eigenvalue weighted by Gasteiger charge is -2.22. The highest BCUT2D eigenvalue weighted by Gasteiger charge is 2.44.